The Labute approximate surface area is 104 Å². The van der Waals surface area contributed by atoms with Gasteiger partial charge in [0, 0.05) is 11.8 Å². The Morgan fingerprint density at radius 1 is 1.44 bits per heavy atom. The van der Waals surface area contributed by atoms with Crippen LogP contribution in [0.25, 0.3) is 0 Å². The quantitative estimate of drug-likeness (QED) is 0.265. The van der Waals surface area contributed by atoms with Gasteiger partial charge in [-0.3, -0.25) is 5.43 Å². The molecular weight excluding hydrogens is 273 g/mol. The van der Waals surface area contributed by atoms with Crippen LogP contribution in [-0.2, 0) is 6.18 Å². The molecule has 5 N–H and O–H groups in total. The number of nitrogen functional groups attached to an aromatic ring is 1. The summed E-state index contributed by atoms with van der Waals surface area (Å²) in [4.78, 5) is 6.87. The highest BCUT2D eigenvalue weighted by Crippen LogP contribution is 2.30. The lowest BCUT2D eigenvalue weighted by Crippen LogP contribution is -2.17. The molecule has 102 valence electrons. The monoisotopic (exact) mass is 284 g/mol. The minimum absolute atomic E-state index is 0.00206. The second-order valence-corrected chi connectivity index (χ2v) is 4.24. The van der Waals surface area contributed by atoms with Crippen molar-refractivity contribution in [1.82, 2.24) is 9.97 Å². The van der Waals surface area contributed by atoms with E-state index in [2.05, 4.69) is 9.97 Å². The number of nitrogens with two attached hydrogens (primary N) is 1. The lowest BCUT2D eigenvalue weighted by molar-refractivity contribution is -0.141. The van der Waals surface area contributed by atoms with Gasteiger partial charge in [0.25, 0.3) is 0 Å². The van der Waals surface area contributed by atoms with Crippen molar-refractivity contribution in [2.75, 3.05) is 17.8 Å². The molecule has 0 amide bonds. The van der Waals surface area contributed by atoms with Crippen molar-refractivity contribution in [2.45, 2.75) is 17.3 Å². The number of hydrogen-bond acceptors (Lipinski definition) is 7. The number of aliphatic hydroxyl groups excluding tert-OH is 2. The Hall–Kier alpha value is -1.10. The van der Waals surface area contributed by atoms with Crippen LogP contribution in [0.4, 0.5) is 19.1 Å². The first-order valence-corrected chi connectivity index (χ1v) is 5.70. The van der Waals surface area contributed by atoms with Gasteiger partial charge in [-0.15, -0.1) is 11.8 Å². The number of rotatable bonds is 5. The first-order valence-electron chi connectivity index (χ1n) is 4.71. The van der Waals surface area contributed by atoms with Gasteiger partial charge in [0.1, 0.15) is 5.03 Å². The Bertz CT molecular complexity index is 404. The van der Waals surface area contributed by atoms with Crippen molar-refractivity contribution in [1.29, 1.82) is 0 Å². The third-order valence-corrected chi connectivity index (χ3v) is 2.81. The fraction of sp³-hybridized carbons (Fsp3) is 0.500. The Kier molecular flexibility index (Phi) is 5.14. The summed E-state index contributed by atoms with van der Waals surface area (Å²) in [5, 5.41) is 17.7. The molecule has 1 heterocycles. The van der Waals surface area contributed by atoms with E-state index in [4.69, 9.17) is 16.1 Å². The van der Waals surface area contributed by atoms with Crippen LogP contribution in [0.15, 0.2) is 11.1 Å². The van der Waals surface area contributed by atoms with Crippen LogP contribution < -0.4 is 11.3 Å². The summed E-state index contributed by atoms with van der Waals surface area (Å²) < 4.78 is 37.5. The van der Waals surface area contributed by atoms with Gasteiger partial charge in [-0.2, -0.15) is 13.2 Å². The lowest BCUT2D eigenvalue weighted by atomic mass is 10.4. The third kappa shape index (κ3) is 4.29. The molecule has 0 fully saturated rings. The lowest BCUT2D eigenvalue weighted by Gasteiger charge is -2.10. The Morgan fingerprint density at radius 2 is 2.11 bits per heavy atom. The summed E-state index contributed by atoms with van der Waals surface area (Å²) in [6, 6.07) is 0.746. The van der Waals surface area contributed by atoms with Crippen molar-refractivity contribution < 1.29 is 23.4 Å². The molecule has 10 heteroatoms. The average molecular weight is 284 g/mol. The van der Waals surface area contributed by atoms with E-state index in [1.165, 1.54) is 0 Å². The zero-order chi connectivity index (χ0) is 13.8. The summed E-state index contributed by atoms with van der Waals surface area (Å²) in [6.45, 7) is -0.480. The van der Waals surface area contributed by atoms with Crippen molar-refractivity contribution in [2.24, 2.45) is 5.84 Å². The van der Waals surface area contributed by atoms with Crippen molar-refractivity contribution in [3.05, 3.63) is 11.8 Å². The van der Waals surface area contributed by atoms with E-state index >= 15 is 0 Å². The molecule has 18 heavy (non-hydrogen) atoms. The van der Waals surface area contributed by atoms with E-state index in [0.717, 1.165) is 17.8 Å². The van der Waals surface area contributed by atoms with Gasteiger partial charge in [0.15, 0.2) is 5.69 Å². The highest BCUT2D eigenvalue weighted by atomic mass is 32.2. The third-order valence-electron chi connectivity index (χ3n) is 1.76. The summed E-state index contributed by atoms with van der Waals surface area (Å²) in [6.07, 6.45) is -5.65. The van der Waals surface area contributed by atoms with E-state index < -0.39 is 24.6 Å². The smallest absolute Gasteiger partial charge is 0.394 e. The van der Waals surface area contributed by atoms with E-state index in [-0.39, 0.29) is 16.7 Å². The van der Waals surface area contributed by atoms with E-state index in [1.807, 2.05) is 5.43 Å². The van der Waals surface area contributed by atoms with Crippen LogP contribution in [0.3, 0.4) is 0 Å². The van der Waals surface area contributed by atoms with Crippen molar-refractivity contribution in [3.63, 3.8) is 0 Å². The normalized spacial score (nSPS) is 13.4. The number of aromatic nitrogens is 2. The van der Waals surface area contributed by atoms with Crippen molar-refractivity contribution >= 4 is 17.7 Å². The highest BCUT2D eigenvalue weighted by Gasteiger charge is 2.33. The van der Waals surface area contributed by atoms with E-state index in [0.29, 0.717) is 0 Å². The second-order valence-electron chi connectivity index (χ2n) is 3.20. The van der Waals surface area contributed by atoms with Gasteiger partial charge in [-0.25, -0.2) is 15.8 Å². The maximum atomic E-state index is 12.5. The summed E-state index contributed by atoms with van der Waals surface area (Å²) in [7, 11) is 0. The van der Waals surface area contributed by atoms with Crippen LogP contribution >= 0.6 is 11.8 Å². The molecule has 0 aromatic carbocycles. The first-order chi connectivity index (χ1) is 8.36. The van der Waals surface area contributed by atoms with Crippen LogP contribution in [0.1, 0.15) is 5.69 Å². The number of alkyl halides is 3. The predicted octanol–water partition coefficient (Wildman–Crippen LogP) is 0.226. The molecule has 1 aromatic rings. The molecule has 0 saturated heterocycles. The largest absolute Gasteiger partial charge is 0.433 e. The number of nitrogens with zero attached hydrogens (tertiary/aromatic N) is 2. The van der Waals surface area contributed by atoms with E-state index in [1.54, 1.807) is 0 Å². The number of aliphatic hydroxyl groups is 2. The summed E-state index contributed by atoms with van der Waals surface area (Å²) in [5.41, 5.74) is 0.801. The fourth-order valence-electron chi connectivity index (χ4n) is 0.943. The van der Waals surface area contributed by atoms with E-state index in [9.17, 15) is 13.2 Å². The van der Waals surface area contributed by atoms with Gasteiger partial charge in [-0.1, -0.05) is 0 Å². The molecule has 1 rings (SSSR count). The zero-order valence-corrected chi connectivity index (χ0v) is 9.79. The molecule has 0 spiro atoms. The van der Waals surface area contributed by atoms with Gasteiger partial charge in [0.2, 0.25) is 5.95 Å². The van der Waals surface area contributed by atoms with Crippen LogP contribution in [0.5, 0.6) is 0 Å². The van der Waals surface area contributed by atoms with Gasteiger partial charge in [-0.05, 0) is 0 Å². The summed E-state index contributed by atoms with van der Waals surface area (Å²) >= 11 is 0.856. The highest BCUT2D eigenvalue weighted by molar-refractivity contribution is 7.99. The predicted molar refractivity (Wildman–Crippen MR) is 58.7 cm³/mol. The van der Waals surface area contributed by atoms with Gasteiger partial charge >= 0.3 is 6.18 Å². The molecule has 1 unspecified atom stereocenters. The minimum Gasteiger partial charge on any atom is -0.394 e. The molecule has 1 aromatic heterocycles. The standard InChI is InChI=1S/C8H11F3N4O2S/c9-8(10,11)5-1-6(14-7(13-5)15-12)18-3-4(17)2-16/h1,4,16-17H,2-3,12H2,(H,13,14,15). The SMILES string of the molecule is NNc1nc(SCC(O)CO)cc(C(F)(F)F)n1. The molecular formula is C8H11F3N4O2S. The molecule has 0 aliphatic rings. The number of anilines is 1. The van der Waals surface area contributed by atoms with Crippen LogP contribution in [0.2, 0.25) is 0 Å². The molecule has 0 bridgehead atoms. The Morgan fingerprint density at radius 3 is 2.61 bits per heavy atom. The molecule has 0 saturated carbocycles. The number of hydrogen-bond donors (Lipinski definition) is 4. The topological polar surface area (TPSA) is 104 Å². The van der Waals surface area contributed by atoms with Crippen molar-refractivity contribution in [3.8, 4) is 0 Å². The van der Waals surface area contributed by atoms with Crippen LogP contribution in [-0.4, -0.2) is 38.6 Å². The maximum absolute atomic E-state index is 12.5. The molecule has 0 aliphatic carbocycles. The number of nitrogens with one attached hydrogen (secondary N) is 1. The fourth-order valence-corrected chi connectivity index (χ4v) is 1.76. The number of hydrazine groups is 1. The summed E-state index contributed by atoms with van der Waals surface area (Å²) in [5.74, 6) is 4.61. The number of thioether (sulfide) groups is 1. The number of halogens is 3. The molecule has 0 aliphatic heterocycles. The molecule has 0 radical (unpaired) electrons. The minimum atomic E-state index is -4.61. The van der Waals surface area contributed by atoms with Crippen LogP contribution in [0, 0.1) is 0 Å². The first kappa shape index (κ1) is 15.0. The average Bonchev–Trinajstić information content (AvgIpc) is 2.34. The van der Waals surface area contributed by atoms with Gasteiger partial charge in [0.05, 0.1) is 12.7 Å². The van der Waals surface area contributed by atoms with Gasteiger partial charge < -0.3 is 10.2 Å². The maximum Gasteiger partial charge on any atom is 0.433 e. The Balaban J connectivity index is 2.91. The molecule has 6 nitrogen and oxygen atoms in total. The second kappa shape index (κ2) is 6.18. The molecule has 1 atom stereocenters. The zero-order valence-electron chi connectivity index (χ0n) is 8.98.